The first-order chi connectivity index (χ1) is 14.9. The fourth-order valence-electron chi connectivity index (χ4n) is 3.04. The third-order valence-electron chi connectivity index (χ3n) is 4.56. The van der Waals surface area contributed by atoms with Crippen LogP contribution in [0.4, 0.5) is 0 Å². The van der Waals surface area contributed by atoms with Crippen molar-refractivity contribution in [1.29, 1.82) is 0 Å². The van der Waals surface area contributed by atoms with Gasteiger partial charge in [0.1, 0.15) is 5.76 Å². The van der Waals surface area contributed by atoms with E-state index in [2.05, 4.69) is 0 Å². The van der Waals surface area contributed by atoms with E-state index < -0.39 is 5.97 Å². The van der Waals surface area contributed by atoms with Crippen LogP contribution in [0.2, 0.25) is 20.1 Å². The third kappa shape index (κ3) is 4.60. The number of hydrogen-bond acceptors (Lipinski definition) is 4. The third-order valence-corrected chi connectivity index (χ3v) is 6.04. The molecule has 4 aromatic rings. The van der Waals surface area contributed by atoms with Crippen LogP contribution in [0.3, 0.4) is 0 Å². The number of esters is 1. The van der Waals surface area contributed by atoms with E-state index >= 15 is 0 Å². The van der Waals surface area contributed by atoms with E-state index in [1.165, 1.54) is 7.11 Å². The van der Waals surface area contributed by atoms with E-state index in [9.17, 15) is 4.79 Å². The molecule has 158 valence electrons. The molecule has 0 bridgehead atoms. The molecule has 0 aliphatic carbocycles. The molecule has 0 spiro atoms. The smallest absolute Gasteiger partial charge is 0.373 e. The lowest BCUT2D eigenvalue weighted by Gasteiger charge is -2.07. The molecule has 0 saturated carbocycles. The summed E-state index contributed by atoms with van der Waals surface area (Å²) in [4.78, 5) is 11.7. The Morgan fingerprint density at radius 3 is 2.19 bits per heavy atom. The van der Waals surface area contributed by atoms with Crippen LogP contribution in [0.5, 0.6) is 0 Å². The molecule has 5 nitrogen and oxygen atoms in total. The van der Waals surface area contributed by atoms with Crippen LogP contribution >= 0.6 is 46.4 Å². The van der Waals surface area contributed by atoms with Crippen LogP contribution in [0, 0.1) is 0 Å². The molecule has 0 aliphatic heterocycles. The molecule has 0 amide bonds. The largest absolute Gasteiger partial charge is 0.463 e. The van der Waals surface area contributed by atoms with Crippen molar-refractivity contribution in [3.63, 3.8) is 0 Å². The summed E-state index contributed by atoms with van der Waals surface area (Å²) in [6, 6.07) is 15.8. The van der Waals surface area contributed by atoms with E-state index in [-0.39, 0.29) is 12.3 Å². The first kappa shape index (κ1) is 21.8. The number of carbonyl (C=O) groups excluding carboxylic acids is 1. The number of carbonyl (C=O) groups is 1. The Labute approximate surface area is 198 Å². The summed E-state index contributed by atoms with van der Waals surface area (Å²) in [5, 5.41) is 6.48. The van der Waals surface area contributed by atoms with Gasteiger partial charge < -0.3 is 9.15 Å². The Balaban J connectivity index is 1.78. The van der Waals surface area contributed by atoms with E-state index in [0.717, 1.165) is 16.8 Å². The highest BCUT2D eigenvalue weighted by atomic mass is 35.5. The van der Waals surface area contributed by atoms with E-state index in [1.54, 1.807) is 41.1 Å². The van der Waals surface area contributed by atoms with Crippen molar-refractivity contribution in [3.05, 3.63) is 86.2 Å². The summed E-state index contributed by atoms with van der Waals surface area (Å²) in [6.45, 7) is 0.272. The van der Waals surface area contributed by atoms with Crippen molar-refractivity contribution in [1.82, 2.24) is 9.78 Å². The molecule has 2 aromatic heterocycles. The summed E-state index contributed by atoms with van der Waals surface area (Å²) in [5.74, 6) is 0.101. The molecule has 2 aromatic carbocycles. The van der Waals surface area contributed by atoms with Gasteiger partial charge in [-0.1, -0.05) is 58.5 Å². The number of methoxy groups -OCH3 is 1. The van der Waals surface area contributed by atoms with Crippen LogP contribution in [-0.2, 0) is 11.3 Å². The molecule has 0 fully saturated rings. The number of aromatic nitrogens is 2. The number of benzene rings is 2. The van der Waals surface area contributed by atoms with Gasteiger partial charge in [0.15, 0.2) is 0 Å². The van der Waals surface area contributed by atoms with Crippen LogP contribution in [-0.4, -0.2) is 22.9 Å². The SMILES string of the molecule is COC(=O)c1ccc(Cn2nc(-c3ccc(Cl)c(Cl)c3)cc2-c2ccc(Cl)c(Cl)c2)o1. The highest BCUT2D eigenvalue weighted by molar-refractivity contribution is 6.42. The van der Waals surface area contributed by atoms with Gasteiger partial charge in [0.2, 0.25) is 5.76 Å². The second kappa shape index (κ2) is 8.97. The zero-order valence-corrected chi connectivity index (χ0v) is 19.1. The van der Waals surface area contributed by atoms with Gasteiger partial charge in [-0.05, 0) is 42.5 Å². The summed E-state index contributed by atoms with van der Waals surface area (Å²) in [7, 11) is 1.30. The average molecular weight is 496 g/mol. The molecule has 0 atom stereocenters. The number of nitrogens with zero attached hydrogens (tertiary/aromatic N) is 2. The van der Waals surface area contributed by atoms with Gasteiger partial charge in [-0.15, -0.1) is 0 Å². The Morgan fingerprint density at radius 2 is 1.55 bits per heavy atom. The first-order valence-corrected chi connectivity index (χ1v) is 10.5. The average Bonchev–Trinajstić information content (AvgIpc) is 3.39. The second-order valence-electron chi connectivity index (χ2n) is 6.59. The minimum absolute atomic E-state index is 0.116. The molecule has 31 heavy (non-hydrogen) atoms. The lowest BCUT2D eigenvalue weighted by Crippen LogP contribution is -2.04. The maximum atomic E-state index is 11.7. The van der Waals surface area contributed by atoms with Crippen molar-refractivity contribution in [2.24, 2.45) is 0 Å². The number of halogens is 4. The van der Waals surface area contributed by atoms with Crippen molar-refractivity contribution in [2.45, 2.75) is 6.54 Å². The molecule has 0 aliphatic rings. The van der Waals surface area contributed by atoms with Crippen LogP contribution in [0.15, 0.2) is 59.0 Å². The molecule has 9 heteroatoms. The summed E-state index contributed by atoms with van der Waals surface area (Å²) in [6.07, 6.45) is 0. The van der Waals surface area contributed by atoms with Gasteiger partial charge in [-0.25, -0.2) is 4.79 Å². The number of hydrogen-bond donors (Lipinski definition) is 0. The molecule has 0 radical (unpaired) electrons. The van der Waals surface area contributed by atoms with Gasteiger partial charge in [0.05, 0.1) is 45.1 Å². The zero-order chi connectivity index (χ0) is 22.1. The lowest BCUT2D eigenvalue weighted by atomic mass is 10.1. The lowest BCUT2D eigenvalue weighted by molar-refractivity contribution is 0.0563. The fraction of sp³-hybridized carbons (Fsp3) is 0.0909. The van der Waals surface area contributed by atoms with Crippen molar-refractivity contribution in [2.75, 3.05) is 7.11 Å². The summed E-state index contributed by atoms with van der Waals surface area (Å²) >= 11 is 24.5. The van der Waals surface area contributed by atoms with Crippen LogP contribution < -0.4 is 0 Å². The van der Waals surface area contributed by atoms with E-state index in [1.807, 2.05) is 18.2 Å². The van der Waals surface area contributed by atoms with Gasteiger partial charge >= 0.3 is 5.97 Å². The molecule has 2 heterocycles. The summed E-state index contributed by atoms with van der Waals surface area (Å²) < 4.78 is 12.0. The Morgan fingerprint density at radius 1 is 0.903 bits per heavy atom. The quantitative estimate of drug-likeness (QED) is 0.273. The van der Waals surface area contributed by atoms with Crippen molar-refractivity contribution < 1.29 is 13.9 Å². The highest BCUT2D eigenvalue weighted by Crippen LogP contribution is 2.33. The predicted molar refractivity (Wildman–Crippen MR) is 122 cm³/mol. The molecular weight excluding hydrogens is 482 g/mol. The van der Waals surface area contributed by atoms with Gasteiger partial charge in [-0.2, -0.15) is 5.10 Å². The van der Waals surface area contributed by atoms with Crippen LogP contribution in [0.25, 0.3) is 22.5 Å². The minimum atomic E-state index is -0.548. The molecule has 0 saturated heterocycles. The standard InChI is InChI=1S/C22H14Cl4N2O3/c1-30-22(29)21-7-4-14(31-21)11-28-20(13-3-6-16(24)18(26)9-13)10-19(27-28)12-2-5-15(23)17(25)8-12/h2-10H,11H2,1H3. The van der Waals surface area contributed by atoms with Crippen molar-refractivity contribution >= 4 is 52.4 Å². The maximum Gasteiger partial charge on any atom is 0.373 e. The van der Waals surface area contributed by atoms with Gasteiger partial charge in [0.25, 0.3) is 0 Å². The highest BCUT2D eigenvalue weighted by Gasteiger charge is 2.17. The number of rotatable bonds is 5. The number of furan rings is 1. The van der Waals surface area contributed by atoms with E-state index in [0.29, 0.717) is 31.5 Å². The minimum Gasteiger partial charge on any atom is -0.463 e. The Kier molecular flexibility index (Phi) is 6.30. The van der Waals surface area contributed by atoms with Gasteiger partial charge in [0, 0.05) is 11.1 Å². The maximum absolute atomic E-state index is 11.7. The fourth-order valence-corrected chi connectivity index (χ4v) is 3.64. The van der Waals surface area contributed by atoms with Crippen LogP contribution in [0.1, 0.15) is 16.3 Å². The predicted octanol–water partition coefficient (Wildman–Crippen LogP) is 7.26. The molecule has 4 rings (SSSR count). The topological polar surface area (TPSA) is 57.3 Å². The van der Waals surface area contributed by atoms with Crippen molar-refractivity contribution in [3.8, 4) is 22.5 Å². The number of ether oxygens (including phenoxy) is 1. The summed E-state index contributed by atoms with van der Waals surface area (Å²) in [5.41, 5.74) is 3.06. The normalized spacial score (nSPS) is 11.0. The molecular formula is C22H14Cl4N2O3. The zero-order valence-electron chi connectivity index (χ0n) is 16.0. The Hall–Kier alpha value is -2.44. The Bertz CT molecular complexity index is 1280. The monoisotopic (exact) mass is 494 g/mol. The van der Waals surface area contributed by atoms with Gasteiger partial charge in [-0.3, -0.25) is 4.68 Å². The van der Waals surface area contributed by atoms with E-state index in [4.69, 9.17) is 60.7 Å². The molecule has 0 N–H and O–H groups in total. The molecule has 0 unspecified atom stereocenters. The second-order valence-corrected chi connectivity index (χ2v) is 8.22. The first-order valence-electron chi connectivity index (χ1n) is 9.01.